The Balaban J connectivity index is 2.38. The van der Waals surface area contributed by atoms with E-state index >= 15 is 0 Å². The zero-order valence-electron chi connectivity index (χ0n) is 10.1. The van der Waals surface area contributed by atoms with Gasteiger partial charge >= 0.3 is 0 Å². The summed E-state index contributed by atoms with van der Waals surface area (Å²) in [5, 5.41) is 0. The molecule has 0 aromatic carbocycles. The van der Waals surface area contributed by atoms with E-state index in [1.165, 1.54) is 38.9 Å². The summed E-state index contributed by atoms with van der Waals surface area (Å²) in [6, 6.07) is 0. The highest BCUT2D eigenvalue weighted by molar-refractivity contribution is 4.91. The van der Waals surface area contributed by atoms with E-state index in [-0.39, 0.29) is 0 Å². The summed E-state index contributed by atoms with van der Waals surface area (Å²) in [7, 11) is 0. The molecule has 0 aromatic heterocycles. The van der Waals surface area contributed by atoms with E-state index in [9.17, 15) is 0 Å². The van der Waals surface area contributed by atoms with Gasteiger partial charge in [-0.2, -0.15) is 0 Å². The second kappa shape index (κ2) is 5.13. The van der Waals surface area contributed by atoms with Crippen molar-refractivity contribution in [2.75, 3.05) is 26.2 Å². The Morgan fingerprint density at radius 2 is 2.00 bits per heavy atom. The zero-order valence-corrected chi connectivity index (χ0v) is 10.1. The molecule has 0 heterocycles. The molecule has 1 fully saturated rings. The van der Waals surface area contributed by atoms with Crippen molar-refractivity contribution < 1.29 is 0 Å². The molecule has 0 amide bonds. The third-order valence-corrected chi connectivity index (χ3v) is 3.48. The average Bonchev–Trinajstić information content (AvgIpc) is 2.08. The molecule has 0 saturated heterocycles. The van der Waals surface area contributed by atoms with E-state index in [1.54, 1.807) is 0 Å². The van der Waals surface area contributed by atoms with E-state index < -0.39 is 0 Å². The minimum Gasteiger partial charge on any atom is -0.330 e. The maximum atomic E-state index is 5.88. The van der Waals surface area contributed by atoms with Gasteiger partial charge in [0.1, 0.15) is 0 Å². The van der Waals surface area contributed by atoms with Crippen LogP contribution >= 0.6 is 0 Å². The van der Waals surface area contributed by atoms with Crippen molar-refractivity contribution in [3.05, 3.63) is 0 Å². The van der Waals surface area contributed by atoms with E-state index in [1.807, 2.05) is 0 Å². The lowest BCUT2D eigenvalue weighted by Gasteiger charge is -2.44. The third-order valence-electron chi connectivity index (χ3n) is 3.48. The van der Waals surface area contributed by atoms with Crippen molar-refractivity contribution in [3.63, 3.8) is 0 Å². The van der Waals surface area contributed by atoms with Crippen LogP contribution in [0, 0.1) is 11.3 Å². The SMILES string of the molecule is CCN(CC(C)C)CC1(CN)CCC1. The number of hydrogen-bond donors (Lipinski definition) is 1. The highest BCUT2D eigenvalue weighted by Crippen LogP contribution is 2.40. The van der Waals surface area contributed by atoms with Gasteiger partial charge in [-0.15, -0.1) is 0 Å². The molecule has 0 spiro atoms. The Morgan fingerprint density at radius 3 is 2.29 bits per heavy atom. The molecule has 2 nitrogen and oxygen atoms in total. The lowest BCUT2D eigenvalue weighted by molar-refractivity contribution is 0.0716. The van der Waals surface area contributed by atoms with E-state index in [0.717, 1.165) is 12.5 Å². The fourth-order valence-electron chi connectivity index (χ4n) is 2.40. The lowest BCUT2D eigenvalue weighted by Crippen LogP contribution is -2.47. The van der Waals surface area contributed by atoms with Crippen LogP contribution in [-0.2, 0) is 0 Å². The van der Waals surface area contributed by atoms with E-state index in [0.29, 0.717) is 5.41 Å². The van der Waals surface area contributed by atoms with Gasteiger partial charge in [0, 0.05) is 13.1 Å². The largest absolute Gasteiger partial charge is 0.330 e. The molecule has 14 heavy (non-hydrogen) atoms. The van der Waals surface area contributed by atoms with Crippen molar-refractivity contribution in [2.24, 2.45) is 17.1 Å². The topological polar surface area (TPSA) is 29.3 Å². The molecule has 2 N–H and O–H groups in total. The molecular formula is C12H26N2. The molecule has 0 atom stereocenters. The minimum atomic E-state index is 0.477. The van der Waals surface area contributed by atoms with Crippen LogP contribution in [0.3, 0.4) is 0 Å². The molecule has 1 aliphatic rings. The van der Waals surface area contributed by atoms with Gasteiger partial charge < -0.3 is 10.6 Å². The first-order valence-corrected chi connectivity index (χ1v) is 6.04. The van der Waals surface area contributed by atoms with Gasteiger partial charge in [-0.05, 0) is 37.3 Å². The first kappa shape index (κ1) is 12.0. The summed E-state index contributed by atoms with van der Waals surface area (Å²) in [6.45, 7) is 11.3. The highest BCUT2D eigenvalue weighted by atomic mass is 15.1. The summed E-state index contributed by atoms with van der Waals surface area (Å²) < 4.78 is 0. The second-order valence-electron chi connectivity index (χ2n) is 5.28. The molecule has 84 valence electrons. The molecule has 0 bridgehead atoms. The molecule has 0 aliphatic heterocycles. The number of nitrogens with zero attached hydrogens (tertiary/aromatic N) is 1. The Bertz CT molecular complexity index is 156. The van der Waals surface area contributed by atoms with Gasteiger partial charge in [-0.3, -0.25) is 0 Å². The van der Waals surface area contributed by atoms with Crippen LogP contribution in [0.1, 0.15) is 40.0 Å². The predicted molar refractivity (Wildman–Crippen MR) is 62.3 cm³/mol. The molecule has 1 saturated carbocycles. The lowest BCUT2D eigenvalue weighted by atomic mass is 9.68. The first-order chi connectivity index (χ1) is 6.62. The summed E-state index contributed by atoms with van der Waals surface area (Å²) in [5.74, 6) is 0.768. The van der Waals surface area contributed by atoms with Gasteiger partial charge in [0.25, 0.3) is 0 Å². The number of rotatable bonds is 6. The van der Waals surface area contributed by atoms with Crippen LogP contribution in [0.4, 0.5) is 0 Å². The number of hydrogen-bond acceptors (Lipinski definition) is 2. The summed E-state index contributed by atoms with van der Waals surface area (Å²) in [5.41, 5.74) is 6.35. The van der Waals surface area contributed by atoms with Gasteiger partial charge in [0.2, 0.25) is 0 Å². The molecule has 1 aliphatic carbocycles. The van der Waals surface area contributed by atoms with Crippen LogP contribution in [0.25, 0.3) is 0 Å². The van der Waals surface area contributed by atoms with Gasteiger partial charge in [-0.1, -0.05) is 27.2 Å². The summed E-state index contributed by atoms with van der Waals surface area (Å²) in [6.07, 6.45) is 4.08. The highest BCUT2D eigenvalue weighted by Gasteiger charge is 2.36. The second-order valence-corrected chi connectivity index (χ2v) is 5.28. The molecular weight excluding hydrogens is 172 g/mol. The van der Waals surface area contributed by atoms with Crippen molar-refractivity contribution >= 4 is 0 Å². The van der Waals surface area contributed by atoms with Crippen LogP contribution in [0.15, 0.2) is 0 Å². The van der Waals surface area contributed by atoms with Crippen molar-refractivity contribution in [1.29, 1.82) is 0 Å². The maximum Gasteiger partial charge on any atom is 0.00501 e. The Hall–Kier alpha value is -0.0800. The van der Waals surface area contributed by atoms with Crippen molar-refractivity contribution in [2.45, 2.75) is 40.0 Å². The fraction of sp³-hybridized carbons (Fsp3) is 1.00. The zero-order chi connectivity index (χ0) is 10.6. The summed E-state index contributed by atoms with van der Waals surface area (Å²) >= 11 is 0. The number of nitrogens with two attached hydrogens (primary N) is 1. The normalized spacial score (nSPS) is 20.1. The average molecular weight is 198 g/mol. The van der Waals surface area contributed by atoms with Crippen LogP contribution in [0.5, 0.6) is 0 Å². The molecule has 2 heteroatoms. The monoisotopic (exact) mass is 198 g/mol. The molecule has 0 aromatic rings. The van der Waals surface area contributed by atoms with Gasteiger partial charge in [0.05, 0.1) is 0 Å². The van der Waals surface area contributed by atoms with Gasteiger partial charge in [0.15, 0.2) is 0 Å². The maximum absolute atomic E-state index is 5.88. The molecule has 1 rings (SSSR count). The Kier molecular flexibility index (Phi) is 4.39. The van der Waals surface area contributed by atoms with E-state index in [2.05, 4.69) is 25.7 Å². The van der Waals surface area contributed by atoms with Crippen molar-refractivity contribution in [1.82, 2.24) is 4.90 Å². The fourth-order valence-corrected chi connectivity index (χ4v) is 2.40. The van der Waals surface area contributed by atoms with Crippen molar-refractivity contribution in [3.8, 4) is 0 Å². The Morgan fingerprint density at radius 1 is 1.36 bits per heavy atom. The molecule has 0 unspecified atom stereocenters. The Labute approximate surface area is 88.8 Å². The quantitative estimate of drug-likeness (QED) is 0.708. The predicted octanol–water partition coefficient (Wildman–Crippen LogP) is 2.09. The van der Waals surface area contributed by atoms with Crippen LogP contribution in [0.2, 0.25) is 0 Å². The molecule has 0 radical (unpaired) electrons. The third kappa shape index (κ3) is 2.96. The summed E-state index contributed by atoms with van der Waals surface area (Å²) in [4.78, 5) is 2.57. The smallest absolute Gasteiger partial charge is 0.00501 e. The minimum absolute atomic E-state index is 0.477. The van der Waals surface area contributed by atoms with E-state index in [4.69, 9.17) is 5.73 Å². The van der Waals surface area contributed by atoms with Crippen LogP contribution in [-0.4, -0.2) is 31.1 Å². The van der Waals surface area contributed by atoms with Gasteiger partial charge in [-0.25, -0.2) is 0 Å². The van der Waals surface area contributed by atoms with Crippen LogP contribution < -0.4 is 5.73 Å². The first-order valence-electron chi connectivity index (χ1n) is 6.04. The standard InChI is InChI=1S/C12H26N2/c1-4-14(8-11(2)3)10-12(9-13)6-5-7-12/h11H,4-10,13H2,1-3H3.